The first-order chi connectivity index (χ1) is 12.8. The van der Waals surface area contributed by atoms with E-state index in [0.29, 0.717) is 28.3 Å². The standard InChI is InChI=1S/C17H20ClF3N4OS/c1-3-11(26-13-7-5-4-6-12(13)18)8-23-16(22-2)24-9-15-25-14(10-27-15)17(19,20)21/h4-7,10-11H,3,8-9H2,1-2H3,(H2,22,23,24). The Hall–Kier alpha value is -2.00. The van der Waals surface area contributed by atoms with Gasteiger partial charge in [0.2, 0.25) is 0 Å². The number of benzene rings is 1. The van der Waals surface area contributed by atoms with E-state index >= 15 is 0 Å². The zero-order valence-electron chi connectivity index (χ0n) is 14.8. The van der Waals surface area contributed by atoms with Crippen LogP contribution in [0.4, 0.5) is 13.2 Å². The second-order valence-corrected chi connectivity index (χ2v) is 6.86. The molecule has 27 heavy (non-hydrogen) atoms. The zero-order chi connectivity index (χ0) is 19.9. The molecular formula is C17H20ClF3N4OS. The molecule has 1 unspecified atom stereocenters. The second kappa shape index (κ2) is 9.80. The molecule has 0 bridgehead atoms. The van der Waals surface area contributed by atoms with Gasteiger partial charge in [0, 0.05) is 12.4 Å². The van der Waals surface area contributed by atoms with Crippen LogP contribution in [0.5, 0.6) is 5.75 Å². The third-order valence-corrected chi connectivity index (χ3v) is 4.72. The number of thiazole rings is 1. The molecule has 2 rings (SSSR count). The van der Waals surface area contributed by atoms with Crippen molar-refractivity contribution in [3.63, 3.8) is 0 Å². The minimum absolute atomic E-state index is 0.141. The number of aromatic nitrogens is 1. The van der Waals surface area contributed by atoms with E-state index in [0.717, 1.165) is 23.1 Å². The lowest BCUT2D eigenvalue weighted by Gasteiger charge is -2.20. The smallest absolute Gasteiger partial charge is 0.434 e. The highest BCUT2D eigenvalue weighted by molar-refractivity contribution is 7.09. The molecule has 2 N–H and O–H groups in total. The lowest BCUT2D eigenvalue weighted by Crippen LogP contribution is -2.42. The van der Waals surface area contributed by atoms with Crippen molar-refractivity contribution < 1.29 is 17.9 Å². The van der Waals surface area contributed by atoms with Crippen molar-refractivity contribution in [3.05, 3.63) is 45.4 Å². The molecule has 1 aromatic heterocycles. The van der Waals surface area contributed by atoms with Gasteiger partial charge in [-0.25, -0.2) is 4.98 Å². The number of halogens is 4. The molecule has 5 nitrogen and oxygen atoms in total. The van der Waals surface area contributed by atoms with Gasteiger partial charge >= 0.3 is 6.18 Å². The summed E-state index contributed by atoms with van der Waals surface area (Å²) in [6.07, 6.45) is -3.85. The molecule has 0 saturated carbocycles. The fraction of sp³-hybridized carbons (Fsp3) is 0.412. The van der Waals surface area contributed by atoms with E-state index in [9.17, 15) is 13.2 Å². The molecule has 0 spiro atoms. The van der Waals surface area contributed by atoms with Crippen LogP contribution in [0.25, 0.3) is 0 Å². The van der Waals surface area contributed by atoms with E-state index in [1.54, 1.807) is 19.2 Å². The normalized spacial score (nSPS) is 13.3. The van der Waals surface area contributed by atoms with Gasteiger partial charge in [-0.05, 0) is 18.6 Å². The summed E-state index contributed by atoms with van der Waals surface area (Å²) >= 11 is 7.04. The van der Waals surface area contributed by atoms with Gasteiger partial charge in [0.25, 0.3) is 0 Å². The van der Waals surface area contributed by atoms with Crippen LogP contribution in [0.15, 0.2) is 34.6 Å². The van der Waals surface area contributed by atoms with E-state index in [-0.39, 0.29) is 12.6 Å². The van der Waals surface area contributed by atoms with E-state index in [2.05, 4.69) is 20.6 Å². The second-order valence-electron chi connectivity index (χ2n) is 5.51. The Morgan fingerprint density at radius 1 is 1.33 bits per heavy atom. The van der Waals surface area contributed by atoms with Crippen molar-refractivity contribution in [2.24, 2.45) is 4.99 Å². The van der Waals surface area contributed by atoms with E-state index in [1.807, 2.05) is 19.1 Å². The van der Waals surface area contributed by atoms with E-state index in [4.69, 9.17) is 16.3 Å². The maximum atomic E-state index is 12.6. The molecule has 0 aliphatic rings. The van der Waals surface area contributed by atoms with Gasteiger partial charge in [-0.15, -0.1) is 11.3 Å². The van der Waals surface area contributed by atoms with Gasteiger partial charge in [0.05, 0.1) is 18.1 Å². The van der Waals surface area contributed by atoms with Gasteiger partial charge < -0.3 is 15.4 Å². The molecule has 148 valence electrons. The van der Waals surface area contributed by atoms with Crippen LogP contribution in [0.2, 0.25) is 5.02 Å². The maximum absolute atomic E-state index is 12.6. The highest BCUT2D eigenvalue weighted by Gasteiger charge is 2.33. The number of nitrogens with one attached hydrogen (secondary N) is 2. The Kier molecular flexibility index (Phi) is 7.73. The predicted octanol–water partition coefficient (Wildman–Crippen LogP) is 4.34. The molecule has 0 aliphatic heterocycles. The lowest BCUT2D eigenvalue weighted by atomic mass is 10.2. The number of aliphatic imine (C=N–C) groups is 1. The summed E-state index contributed by atoms with van der Waals surface area (Å²) < 4.78 is 43.6. The molecule has 0 aliphatic carbocycles. The SMILES string of the molecule is CCC(CNC(=NC)NCc1nc(C(F)(F)F)cs1)Oc1ccccc1Cl. The van der Waals surface area contributed by atoms with Crippen LogP contribution >= 0.6 is 22.9 Å². The Morgan fingerprint density at radius 2 is 2.07 bits per heavy atom. The summed E-state index contributed by atoms with van der Waals surface area (Å²) in [5.41, 5.74) is -0.883. The van der Waals surface area contributed by atoms with Gasteiger partial charge in [0.15, 0.2) is 11.7 Å². The minimum Gasteiger partial charge on any atom is -0.487 e. The highest BCUT2D eigenvalue weighted by Crippen LogP contribution is 2.30. The van der Waals surface area contributed by atoms with Crippen LogP contribution in [0.3, 0.4) is 0 Å². The molecule has 0 amide bonds. The van der Waals surface area contributed by atoms with Gasteiger partial charge in [-0.3, -0.25) is 4.99 Å². The molecule has 0 saturated heterocycles. The molecular weight excluding hydrogens is 401 g/mol. The molecule has 1 aromatic carbocycles. The number of hydrogen-bond acceptors (Lipinski definition) is 4. The summed E-state index contributed by atoms with van der Waals surface area (Å²) in [5.74, 6) is 1.04. The first kappa shape index (κ1) is 21.3. The van der Waals surface area contributed by atoms with E-state index in [1.165, 1.54) is 0 Å². The van der Waals surface area contributed by atoms with Gasteiger partial charge in [-0.2, -0.15) is 13.2 Å². The lowest BCUT2D eigenvalue weighted by molar-refractivity contribution is -0.140. The average molecular weight is 421 g/mol. The number of alkyl halides is 3. The van der Waals surface area contributed by atoms with Crippen molar-refractivity contribution >= 4 is 28.9 Å². The van der Waals surface area contributed by atoms with Crippen LogP contribution < -0.4 is 15.4 Å². The Labute approximate surface area is 164 Å². The van der Waals surface area contributed by atoms with Crippen molar-refractivity contribution in [2.75, 3.05) is 13.6 Å². The summed E-state index contributed by atoms with van der Waals surface area (Å²) in [5, 5.41) is 7.89. The molecule has 1 atom stereocenters. The summed E-state index contributed by atoms with van der Waals surface area (Å²) in [6.45, 7) is 2.57. The van der Waals surface area contributed by atoms with Gasteiger partial charge in [0.1, 0.15) is 16.9 Å². The minimum atomic E-state index is -4.43. The molecule has 10 heteroatoms. The van der Waals surface area contributed by atoms with Crippen LogP contribution in [0, 0.1) is 0 Å². The topological polar surface area (TPSA) is 58.5 Å². The zero-order valence-corrected chi connectivity index (χ0v) is 16.4. The monoisotopic (exact) mass is 420 g/mol. The first-order valence-electron chi connectivity index (χ1n) is 8.20. The summed E-state index contributed by atoms with van der Waals surface area (Å²) in [4.78, 5) is 7.63. The largest absolute Gasteiger partial charge is 0.487 e. The quantitative estimate of drug-likeness (QED) is 0.517. The van der Waals surface area contributed by atoms with Crippen LogP contribution in [-0.2, 0) is 12.7 Å². The number of guanidine groups is 1. The van der Waals surface area contributed by atoms with Crippen molar-refractivity contribution in [2.45, 2.75) is 32.2 Å². The fourth-order valence-electron chi connectivity index (χ4n) is 2.10. The third-order valence-electron chi connectivity index (χ3n) is 3.56. The van der Waals surface area contributed by atoms with Crippen molar-refractivity contribution in [3.8, 4) is 5.75 Å². The number of nitrogens with zero attached hydrogens (tertiary/aromatic N) is 2. The average Bonchev–Trinajstić information content (AvgIpc) is 3.11. The summed E-state index contributed by atoms with van der Waals surface area (Å²) in [6, 6.07) is 7.20. The number of para-hydroxylation sites is 1. The highest BCUT2D eigenvalue weighted by atomic mass is 35.5. The maximum Gasteiger partial charge on any atom is 0.434 e. The molecule has 0 radical (unpaired) electrons. The van der Waals surface area contributed by atoms with E-state index < -0.39 is 11.9 Å². The predicted molar refractivity (Wildman–Crippen MR) is 101 cm³/mol. The first-order valence-corrected chi connectivity index (χ1v) is 9.46. The van der Waals surface area contributed by atoms with Crippen LogP contribution in [-0.4, -0.2) is 30.6 Å². The fourth-order valence-corrected chi connectivity index (χ4v) is 3.02. The number of ether oxygens (including phenoxy) is 1. The number of rotatable bonds is 7. The van der Waals surface area contributed by atoms with Gasteiger partial charge in [-0.1, -0.05) is 30.7 Å². The Morgan fingerprint density at radius 3 is 2.67 bits per heavy atom. The molecule has 0 fully saturated rings. The molecule has 2 aromatic rings. The van der Waals surface area contributed by atoms with Crippen LogP contribution in [0.1, 0.15) is 24.0 Å². The third kappa shape index (κ3) is 6.59. The molecule has 1 heterocycles. The summed E-state index contributed by atoms with van der Waals surface area (Å²) in [7, 11) is 1.58. The van der Waals surface area contributed by atoms with Crippen molar-refractivity contribution in [1.82, 2.24) is 15.6 Å². The Bertz CT molecular complexity index is 767. The number of hydrogen-bond donors (Lipinski definition) is 2. The Balaban J connectivity index is 1.85. The van der Waals surface area contributed by atoms with Crippen molar-refractivity contribution in [1.29, 1.82) is 0 Å².